The summed E-state index contributed by atoms with van der Waals surface area (Å²) in [6.45, 7) is 0. The molecule has 0 saturated heterocycles. The van der Waals surface area contributed by atoms with Crippen molar-refractivity contribution in [3.8, 4) is 11.4 Å². The zero-order valence-corrected chi connectivity index (χ0v) is 13.3. The standard InChI is InChI=1S/C15H12F2N4O2S/c1-21-9-18-19-15(21)10-2-5-12(6-3-10)20-24(22,23)14-8-11(16)4-7-13(14)17/h2-9,20H,1H3. The van der Waals surface area contributed by atoms with Gasteiger partial charge in [0.05, 0.1) is 0 Å². The fraction of sp³-hybridized carbons (Fsp3) is 0.0667. The number of benzene rings is 2. The quantitative estimate of drug-likeness (QED) is 0.784. The molecule has 0 atom stereocenters. The summed E-state index contributed by atoms with van der Waals surface area (Å²) < 4.78 is 55.2. The molecule has 1 aromatic heterocycles. The van der Waals surface area contributed by atoms with Gasteiger partial charge in [0, 0.05) is 18.3 Å². The second kappa shape index (κ2) is 6.00. The van der Waals surface area contributed by atoms with Crippen LogP contribution in [0.2, 0.25) is 0 Å². The fourth-order valence-corrected chi connectivity index (χ4v) is 3.27. The number of aryl methyl sites for hydroxylation is 1. The van der Waals surface area contributed by atoms with Gasteiger partial charge in [0.25, 0.3) is 10.0 Å². The highest BCUT2D eigenvalue weighted by Crippen LogP contribution is 2.22. The van der Waals surface area contributed by atoms with Crippen LogP contribution in [0.5, 0.6) is 0 Å². The van der Waals surface area contributed by atoms with Gasteiger partial charge in [-0.3, -0.25) is 4.72 Å². The van der Waals surface area contributed by atoms with Crippen LogP contribution >= 0.6 is 0 Å². The minimum Gasteiger partial charge on any atom is -0.317 e. The number of nitrogens with zero attached hydrogens (tertiary/aromatic N) is 3. The lowest BCUT2D eigenvalue weighted by molar-refractivity contribution is 0.555. The minimum absolute atomic E-state index is 0.213. The molecule has 1 heterocycles. The lowest BCUT2D eigenvalue weighted by atomic mass is 10.2. The maximum Gasteiger partial charge on any atom is 0.264 e. The first kappa shape index (κ1) is 16.1. The van der Waals surface area contributed by atoms with Crippen molar-refractivity contribution in [1.29, 1.82) is 0 Å². The van der Waals surface area contributed by atoms with Crippen LogP contribution in [0.4, 0.5) is 14.5 Å². The zero-order valence-electron chi connectivity index (χ0n) is 12.4. The molecule has 0 aliphatic rings. The summed E-state index contributed by atoms with van der Waals surface area (Å²) in [5, 5.41) is 7.70. The van der Waals surface area contributed by atoms with Crippen molar-refractivity contribution in [1.82, 2.24) is 14.8 Å². The van der Waals surface area contributed by atoms with E-state index in [4.69, 9.17) is 0 Å². The van der Waals surface area contributed by atoms with E-state index in [0.29, 0.717) is 11.9 Å². The van der Waals surface area contributed by atoms with Crippen LogP contribution in [-0.2, 0) is 17.1 Å². The van der Waals surface area contributed by atoms with Gasteiger partial charge in [0.1, 0.15) is 22.9 Å². The van der Waals surface area contributed by atoms with E-state index in [-0.39, 0.29) is 5.69 Å². The molecule has 0 saturated carbocycles. The Balaban J connectivity index is 1.88. The summed E-state index contributed by atoms with van der Waals surface area (Å²) in [6, 6.07) is 8.53. The predicted molar refractivity (Wildman–Crippen MR) is 83.6 cm³/mol. The Bertz CT molecular complexity index is 985. The molecule has 0 amide bonds. The summed E-state index contributed by atoms with van der Waals surface area (Å²) in [7, 11) is -2.46. The predicted octanol–water partition coefficient (Wildman–Crippen LogP) is 2.56. The normalized spacial score (nSPS) is 11.5. The monoisotopic (exact) mass is 350 g/mol. The van der Waals surface area contributed by atoms with Crippen molar-refractivity contribution in [2.45, 2.75) is 4.90 Å². The Morgan fingerprint density at radius 2 is 1.79 bits per heavy atom. The van der Waals surface area contributed by atoms with E-state index < -0.39 is 26.6 Å². The Hall–Kier alpha value is -2.81. The molecule has 0 spiro atoms. The third-order valence-corrected chi connectivity index (χ3v) is 4.69. The average molecular weight is 350 g/mol. The van der Waals surface area contributed by atoms with E-state index in [9.17, 15) is 17.2 Å². The molecule has 0 unspecified atom stereocenters. The van der Waals surface area contributed by atoms with Crippen LogP contribution in [0.15, 0.2) is 53.7 Å². The second-order valence-corrected chi connectivity index (χ2v) is 6.67. The summed E-state index contributed by atoms with van der Waals surface area (Å²) in [4.78, 5) is -0.750. The summed E-state index contributed by atoms with van der Waals surface area (Å²) >= 11 is 0. The van der Waals surface area contributed by atoms with E-state index in [1.807, 2.05) is 0 Å². The Morgan fingerprint density at radius 3 is 2.42 bits per heavy atom. The van der Waals surface area contributed by atoms with Crippen molar-refractivity contribution in [3.63, 3.8) is 0 Å². The van der Waals surface area contributed by atoms with E-state index in [1.165, 1.54) is 12.1 Å². The molecule has 124 valence electrons. The molecule has 1 N–H and O–H groups in total. The van der Waals surface area contributed by atoms with Crippen LogP contribution in [-0.4, -0.2) is 23.2 Å². The molecular weight excluding hydrogens is 338 g/mol. The van der Waals surface area contributed by atoms with Gasteiger partial charge in [-0.15, -0.1) is 10.2 Å². The van der Waals surface area contributed by atoms with E-state index >= 15 is 0 Å². The van der Waals surface area contributed by atoms with Crippen LogP contribution in [0, 0.1) is 11.6 Å². The van der Waals surface area contributed by atoms with Crippen molar-refractivity contribution in [2.75, 3.05) is 4.72 Å². The Kier molecular flexibility index (Phi) is 4.02. The molecule has 6 nitrogen and oxygen atoms in total. The highest BCUT2D eigenvalue weighted by atomic mass is 32.2. The smallest absolute Gasteiger partial charge is 0.264 e. The van der Waals surface area contributed by atoms with Gasteiger partial charge in [-0.05, 0) is 42.5 Å². The molecule has 3 aromatic rings. The van der Waals surface area contributed by atoms with Gasteiger partial charge in [0.2, 0.25) is 0 Å². The molecule has 0 aliphatic heterocycles. The molecule has 24 heavy (non-hydrogen) atoms. The molecule has 9 heteroatoms. The van der Waals surface area contributed by atoms with Crippen molar-refractivity contribution >= 4 is 15.7 Å². The van der Waals surface area contributed by atoms with Crippen LogP contribution in [0.3, 0.4) is 0 Å². The van der Waals surface area contributed by atoms with Crippen molar-refractivity contribution in [2.24, 2.45) is 7.05 Å². The van der Waals surface area contributed by atoms with Gasteiger partial charge in [-0.25, -0.2) is 17.2 Å². The van der Waals surface area contributed by atoms with E-state index in [1.54, 1.807) is 30.1 Å². The van der Waals surface area contributed by atoms with E-state index in [2.05, 4.69) is 14.9 Å². The second-order valence-electron chi connectivity index (χ2n) is 5.02. The van der Waals surface area contributed by atoms with Crippen LogP contribution in [0.25, 0.3) is 11.4 Å². The molecule has 2 aromatic carbocycles. The number of nitrogens with one attached hydrogen (secondary N) is 1. The first-order valence-corrected chi connectivity index (χ1v) is 8.27. The van der Waals surface area contributed by atoms with Crippen molar-refractivity contribution < 1.29 is 17.2 Å². The third-order valence-electron chi connectivity index (χ3n) is 3.29. The number of sulfonamides is 1. The topological polar surface area (TPSA) is 76.9 Å². The Morgan fingerprint density at radius 1 is 1.08 bits per heavy atom. The van der Waals surface area contributed by atoms with Crippen LogP contribution in [0.1, 0.15) is 0 Å². The lowest BCUT2D eigenvalue weighted by Crippen LogP contribution is -2.14. The average Bonchev–Trinajstić information content (AvgIpc) is 2.96. The number of rotatable bonds is 4. The molecular formula is C15H12F2N4O2S. The number of aromatic nitrogens is 3. The highest BCUT2D eigenvalue weighted by Gasteiger charge is 2.20. The summed E-state index contributed by atoms with van der Waals surface area (Å²) in [6.07, 6.45) is 1.54. The highest BCUT2D eigenvalue weighted by molar-refractivity contribution is 7.92. The Labute approximate surface area is 136 Å². The number of anilines is 1. The number of halogens is 2. The van der Waals surface area contributed by atoms with Gasteiger partial charge >= 0.3 is 0 Å². The summed E-state index contributed by atoms with van der Waals surface area (Å²) in [5.41, 5.74) is 0.944. The van der Waals surface area contributed by atoms with Gasteiger partial charge in [-0.1, -0.05) is 0 Å². The molecule has 0 aliphatic carbocycles. The summed E-state index contributed by atoms with van der Waals surface area (Å²) in [5.74, 6) is -1.26. The van der Waals surface area contributed by atoms with Gasteiger partial charge in [-0.2, -0.15) is 0 Å². The molecule has 0 radical (unpaired) electrons. The van der Waals surface area contributed by atoms with Crippen molar-refractivity contribution in [3.05, 3.63) is 60.4 Å². The van der Waals surface area contributed by atoms with Gasteiger partial charge in [0.15, 0.2) is 5.82 Å². The number of hydrogen-bond donors (Lipinski definition) is 1. The molecule has 0 bridgehead atoms. The first-order chi connectivity index (χ1) is 11.4. The molecule has 3 rings (SSSR count). The minimum atomic E-state index is -4.24. The molecule has 0 fully saturated rings. The largest absolute Gasteiger partial charge is 0.317 e. The first-order valence-electron chi connectivity index (χ1n) is 6.79. The number of hydrogen-bond acceptors (Lipinski definition) is 4. The fourth-order valence-electron chi connectivity index (χ4n) is 2.13. The zero-order chi connectivity index (χ0) is 17.3. The van der Waals surface area contributed by atoms with Crippen LogP contribution < -0.4 is 4.72 Å². The lowest BCUT2D eigenvalue weighted by Gasteiger charge is -2.09. The maximum absolute atomic E-state index is 13.7. The van der Waals surface area contributed by atoms with E-state index in [0.717, 1.165) is 17.7 Å². The van der Waals surface area contributed by atoms with Gasteiger partial charge < -0.3 is 4.57 Å². The SMILES string of the molecule is Cn1cnnc1-c1ccc(NS(=O)(=O)c2cc(F)ccc2F)cc1. The maximum atomic E-state index is 13.7. The third kappa shape index (κ3) is 3.11.